The average Bonchev–Trinajstić information content (AvgIpc) is 2.98. The van der Waals surface area contributed by atoms with Gasteiger partial charge in [-0.2, -0.15) is 0 Å². The molecule has 3 rings (SSSR count). The first-order chi connectivity index (χ1) is 8.74. The van der Waals surface area contributed by atoms with E-state index >= 15 is 0 Å². The predicted octanol–water partition coefficient (Wildman–Crippen LogP) is 1.17. The van der Waals surface area contributed by atoms with Gasteiger partial charge in [-0.15, -0.1) is 0 Å². The highest BCUT2D eigenvalue weighted by molar-refractivity contribution is 5.97. The van der Waals surface area contributed by atoms with E-state index in [4.69, 9.17) is 5.73 Å². The lowest BCUT2D eigenvalue weighted by Gasteiger charge is -2.17. The van der Waals surface area contributed by atoms with Crippen molar-refractivity contribution in [3.8, 4) is 0 Å². The summed E-state index contributed by atoms with van der Waals surface area (Å²) in [5, 5.41) is 3.00. The molecule has 4 N–H and O–H groups in total. The van der Waals surface area contributed by atoms with E-state index in [0.717, 1.165) is 30.3 Å². The zero-order valence-corrected chi connectivity index (χ0v) is 10.0. The number of nitrogens with one attached hydrogen (secondary N) is 2. The van der Waals surface area contributed by atoms with Crippen molar-refractivity contribution < 1.29 is 4.79 Å². The minimum absolute atomic E-state index is 0.0612. The standard InChI is InChI=1S/C13H16N4O/c14-9-2-1-3-10(9)17-13(18)8-4-5-11-12(6-8)16-7-15-11/h4-7,9-10H,1-3,14H2,(H,15,16)(H,17,18). The zero-order valence-electron chi connectivity index (χ0n) is 10.0. The van der Waals surface area contributed by atoms with Gasteiger partial charge in [-0.05, 0) is 37.5 Å². The largest absolute Gasteiger partial charge is 0.348 e. The molecular weight excluding hydrogens is 228 g/mol. The van der Waals surface area contributed by atoms with E-state index in [1.165, 1.54) is 0 Å². The summed E-state index contributed by atoms with van der Waals surface area (Å²) in [5.74, 6) is -0.0612. The van der Waals surface area contributed by atoms with Gasteiger partial charge in [0.2, 0.25) is 0 Å². The number of nitrogens with zero attached hydrogens (tertiary/aromatic N) is 1. The van der Waals surface area contributed by atoms with Crippen LogP contribution in [0, 0.1) is 0 Å². The number of aromatic amines is 1. The second-order valence-electron chi connectivity index (χ2n) is 4.81. The quantitative estimate of drug-likeness (QED) is 0.741. The van der Waals surface area contributed by atoms with Gasteiger partial charge in [0.05, 0.1) is 17.4 Å². The fourth-order valence-electron chi connectivity index (χ4n) is 2.50. The van der Waals surface area contributed by atoms with Crippen LogP contribution < -0.4 is 11.1 Å². The topological polar surface area (TPSA) is 83.8 Å². The number of H-pyrrole nitrogens is 1. The summed E-state index contributed by atoms with van der Waals surface area (Å²) >= 11 is 0. The summed E-state index contributed by atoms with van der Waals surface area (Å²) in [5.41, 5.74) is 8.33. The summed E-state index contributed by atoms with van der Waals surface area (Å²) in [7, 11) is 0. The monoisotopic (exact) mass is 244 g/mol. The Kier molecular flexibility index (Phi) is 2.76. The Bertz CT molecular complexity index is 577. The third kappa shape index (κ3) is 1.97. The van der Waals surface area contributed by atoms with Gasteiger partial charge in [0.15, 0.2) is 0 Å². The van der Waals surface area contributed by atoms with Crippen molar-refractivity contribution in [2.45, 2.75) is 31.3 Å². The first-order valence-electron chi connectivity index (χ1n) is 6.23. The van der Waals surface area contributed by atoms with E-state index in [-0.39, 0.29) is 18.0 Å². The third-order valence-electron chi connectivity index (χ3n) is 3.57. The molecule has 0 aliphatic heterocycles. The Balaban J connectivity index is 1.78. The molecule has 5 nitrogen and oxygen atoms in total. The van der Waals surface area contributed by atoms with E-state index in [0.29, 0.717) is 5.56 Å². The number of amides is 1. The molecule has 2 unspecified atom stereocenters. The van der Waals surface area contributed by atoms with Crippen LogP contribution in [0.5, 0.6) is 0 Å². The summed E-state index contributed by atoms with van der Waals surface area (Å²) in [6, 6.07) is 5.65. The van der Waals surface area contributed by atoms with E-state index in [1.54, 1.807) is 12.4 Å². The predicted molar refractivity (Wildman–Crippen MR) is 69.2 cm³/mol. The van der Waals surface area contributed by atoms with Crippen molar-refractivity contribution in [3.63, 3.8) is 0 Å². The van der Waals surface area contributed by atoms with Gasteiger partial charge < -0.3 is 16.0 Å². The summed E-state index contributed by atoms with van der Waals surface area (Å²) in [4.78, 5) is 19.2. The van der Waals surface area contributed by atoms with E-state index in [2.05, 4.69) is 15.3 Å². The number of benzene rings is 1. The number of fused-ring (bicyclic) bond motifs is 1. The highest BCUT2D eigenvalue weighted by atomic mass is 16.1. The van der Waals surface area contributed by atoms with Crippen molar-refractivity contribution in [1.29, 1.82) is 0 Å². The molecule has 1 amide bonds. The first kappa shape index (κ1) is 11.2. The number of carbonyl (C=O) groups excluding carboxylic acids is 1. The number of hydrogen-bond acceptors (Lipinski definition) is 3. The summed E-state index contributed by atoms with van der Waals surface area (Å²) in [6.07, 6.45) is 4.68. The smallest absolute Gasteiger partial charge is 0.251 e. The van der Waals surface area contributed by atoms with Gasteiger partial charge in [0.1, 0.15) is 0 Å². The number of aromatic nitrogens is 2. The van der Waals surface area contributed by atoms with Crippen LogP contribution in [0.2, 0.25) is 0 Å². The van der Waals surface area contributed by atoms with E-state index in [1.807, 2.05) is 12.1 Å². The van der Waals surface area contributed by atoms with Crippen molar-refractivity contribution in [3.05, 3.63) is 30.1 Å². The van der Waals surface area contributed by atoms with Crippen molar-refractivity contribution in [2.24, 2.45) is 5.73 Å². The van der Waals surface area contributed by atoms with Gasteiger partial charge in [0.25, 0.3) is 5.91 Å². The van der Waals surface area contributed by atoms with Gasteiger partial charge in [0, 0.05) is 17.6 Å². The maximum Gasteiger partial charge on any atom is 0.251 e. The molecule has 1 aromatic heterocycles. The van der Waals surface area contributed by atoms with Crippen LogP contribution in [-0.4, -0.2) is 28.0 Å². The lowest BCUT2D eigenvalue weighted by atomic mass is 10.1. The van der Waals surface area contributed by atoms with Crippen LogP contribution in [0.25, 0.3) is 11.0 Å². The molecule has 0 saturated heterocycles. The normalized spacial score (nSPS) is 23.4. The molecule has 18 heavy (non-hydrogen) atoms. The third-order valence-corrected chi connectivity index (χ3v) is 3.57. The molecule has 2 aromatic rings. The molecule has 2 atom stereocenters. The zero-order chi connectivity index (χ0) is 12.5. The molecule has 0 spiro atoms. The van der Waals surface area contributed by atoms with Crippen LogP contribution in [0.15, 0.2) is 24.5 Å². The fraction of sp³-hybridized carbons (Fsp3) is 0.385. The number of hydrogen-bond donors (Lipinski definition) is 3. The molecule has 1 aliphatic rings. The molecule has 1 saturated carbocycles. The van der Waals surface area contributed by atoms with Crippen molar-refractivity contribution in [1.82, 2.24) is 15.3 Å². The lowest BCUT2D eigenvalue weighted by molar-refractivity contribution is 0.0934. The Morgan fingerprint density at radius 3 is 3.11 bits per heavy atom. The van der Waals surface area contributed by atoms with Gasteiger partial charge in [-0.3, -0.25) is 4.79 Å². The fourth-order valence-corrected chi connectivity index (χ4v) is 2.50. The Labute approximate surface area is 105 Å². The molecule has 1 heterocycles. The first-order valence-corrected chi connectivity index (χ1v) is 6.23. The molecule has 0 bridgehead atoms. The van der Waals surface area contributed by atoms with Gasteiger partial charge in [-0.1, -0.05) is 0 Å². The maximum absolute atomic E-state index is 12.1. The van der Waals surface area contributed by atoms with Gasteiger partial charge >= 0.3 is 0 Å². The number of rotatable bonds is 2. The van der Waals surface area contributed by atoms with Crippen molar-refractivity contribution in [2.75, 3.05) is 0 Å². The molecule has 94 valence electrons. The van der Waals surface area contributed by atoms with Crippen LogP contribution in [0.4, 0.5) is 0 Å². The second-order valence-corrected chi connectivity index (χ2v) is 4.81. The second kappa shape index (κ2) is 4.42. The molecule has 1 fully saturated rings. The molecule has 0 radical (unpaired) electrons. The maximum atomic E-state index is 12.1. The van der Waals surface area contributed by atoms with E-state index in [9.17, 15) is 4.79 Å². The number of nitrogens with two attached hydrogens (primary N) is 1. The number of carbonyl (C=O) groups is 1. The highest BCUT2D eigenvalue weighted by Gasteiger charge is 2.25. The Morgan fingerprint density at radius 1 is 1.44 bits per heavy atom. The van der Waals surface area contributed by atoms with E-state index < -0.39 is 0 Å². The van der Waals surface area contributed by atoms with Crippen LogP contribution in [-0.2, 0) is 0 Å². The Hall–Kier alpha value is -1.88. The lowest BCUT2D eigenvalue weighted by Crippen LogP contribution is -2.43. The average molecular weight is 244 g/mol. The van der Waals surface area contributed by atoms with Crippen molar-refractivity contribution >= 4 is 16.9 Å². The summed E-state index contributed by atoms with van der Waals surface area (Å²) < 4.78 is 0. The number of imidazole rings is 1. The molecular formula is C13H16N4O. The van der Waals surface area contributed by atoms with Crippen LogP contribution in [0.1, 0.15) is 29.6 Å². The minimum Gasteiger partial charge on any atom is -0.348 e. The molecule has 1 aliphatic carbocycles. The van der Waals surface area contributed by atoms with Gasteiger partial charge in [-0.25, -0.2) is 4.98 Å². The van der Waals surface area contributed by atoms with Crippen LogP contribution >= 0.6 is 0 Å². The van der Waals surface area contributed by atoms with Crippen LogP contribution in [0.3, 0.4) is 0 Å². The highest BCUT2D eigenvalue weighted by Crippen LogP contribution is 2.18. The minimum atomic E-state index is -0.0612. The SMILES string of the molecule is NC1CCCC1NC(=O)c1ccc2nc[nH]c2c1. The Morgan fingerprint density at radius 2 is 2.33 bits per heavy atom. The summed E-state index contributed by atoms with van der Waals surface area (Å²) in [6.45, 7) is 0. The molecule has 5 heteroatoms. The molecule has 1 aromatic carbocycles.